The Morgan fingerprint density at radius 3 is 1.68 bits per heavy atom. The van der Waals surface area contributed by atoms with Crippen LogP contribution in [0.25, 0.3) is 0 Å². The lowest BCUT2D eigenvalue weighted by molar-refractivity contribution is 0.249. The molecule has 1 nitrogen and oxygen atoms in total. The molecule has 0 aliphatic heterocycles. The van der Waals surface area contributed by atoms with Gasteiger partial charge in [-0.2, -0.15) is 0 Å². The summed E-state index contributed by atoms with van der Waals surface area (Å²) in [7, 11) is 0. The van der Waals surface area contributed by atoms with Crippen molar-refractivity contribution in [2.24, 2.45) is 5.92 Å². The maximum Gasteiger partial charge on any atom is 0.0465 e. The van der Waals surface area contributed by atoms with Gasteiger partial charge in [0.15, 0.2) is 0 Å². The van der Waals surface area contributed by atoms with E-state index in [1.165, 1.54) is 11.1 Å². The van der Waals surface area contributed by atoms with Gasteiger partial charge in [0.2, 0.25) is 0 Å². The predicted molar refractivity (Wildman–Crippen MR) is 96.1 cm³/mol. The minimum atomic E-state index is 0.201. The molecule has 118 valence electrons. The molecule has 22 heavy (non-hydrogen) atoms. The second-order valence-corrected chi connectivity index (χ2v) is 6.98. The molecule has 2 aromatic carbocycles. The van der Waals surface area contributed by atoms with Gasteiger partial charge in [0, 0.05) is 25.0 Å². The number of halogens is 1. The number of benzene rings is 2. The van der Waals surface area contributed by atoms with Crippen molar-refractivity contribution in [3.05, 3.63) is 71.8 Å². The van der Waals surface area contributed by atoms with Crippen molar-refractivity contribution in [2.45, 2.75) is 38.7 Å². The third-order valence-corrected chi connectivity index (χ3v) is 4.00. The van der Waals surface area contributed by atoms with E-state index in [1.54, 1.807) is 0 Å². The van der Waals surface area contributed by atoms with Gasteiger partial charge in [-0.3, -0.25) is 4.90 Å². The first-order chi connectivity index (χ1) is 10.6. The highest BCUT2D eigenvalue weighted by Crippen LogP contribution is 2.16. The Morgan fingerprint density at radius 1 is 0.818 bits per heavy atom. The van der Waals surface area contributed by atoms with E-state index < -0.39 is 0 Å². The molecule has 0 aliphatic rings. The zero-order valence-corrected chi connectivity index (χ0v) is 14.3. The van der Waals surface area contributed by atoms with E-state index in [9.17, 15) is 0 Å². The molecule has 2 heteroatoms. The molecule has 0 radical (unpaired) electrons. The Labute approximate surface area is 139 Å². The Morgan fingerprint density at radius 2 is 1.27 bits per heavy atom. The Hall–Kier alpha value is -1.31. The topological polar surface area (TPSA) is 3.24 Å². The van der Waals surface area contributed by atoms with Crippen LogP contribution in [0.4, 0.5) is 0 Å². The minimum Gasteiger partial charge on any atom is -0.293 e. The monoisotopic (exact) mass is 315 g/mol. The molecule has 0 N–H and O–H groups in total. The molecule has 0 amide bonds. The second-order valence-electron chi connectivity index (χ2n) is 6.37. The van der Waals surface area contributed by atoms with Gasteiger partial charge in [0.25, 0.3) is 0 Å². The highest BCUT2D eigenvalue weighted by molar-refractivity contribution is 6.20. The van der Waals surface area contributed by atoms with Gasteiger partial charge in [0.05, 0.1) is 0 Å². The molecule has 2 rings (SSSR count). The van der Waals surface area contributed by atoms with Crippen molar-refractivity contribution in [1.29, 1.82) is 0 Å². The van der Waals surface area contributed by atoms with E-state index in [1.807, 2.05) is 0 Å². The van der Waals surface area contributed by atoms with Crippen molar-refractivity contribution in [3.63, 3.8) is 0 Å². The van der Waals surface area contributed by atoms with Gasteiger partial charge >= 0.3 is 0 Å². The highest BCUT2D eigenvalue weighted by Gasteiger charge is 2.14. The van der Waals surface area contributed by atoms with E-state index in [-0.39, 0.29) is 5.38 Å². The Balaban J connectivity index is 2.03. The van der Waals surface area contributed by atoms with Crippen molar-refractivity contribution >= 4 is 11.6 Å². The molecule has 0 fully saturated rings. The molecule has 2 aromatic rings. The summed E-state index contributed by atoms with van der Waals surface area (Å²) in [6.45, 7) is 7.26. The van der Waals surface area contributed by atoms with E-state index in [0.29, 0.717) is 5.92 Å². The molecule has 0 bridgehead atoms. The fourth-order valence-corrected chi connectivity index (χ4v) is 3.29. The number of hydrogen-bond acceptors (Lipinski definition) is 1. The van der Waals surface area contributed by atoms with Crippen LogP contribution in [0.1, 0.15) is 31.4 Å². The molecular formula is C20H26ClN. The molecule has 0 spiro atoms. The zero-order valence-electron chi connectivity index (χ0n) is 13.6. The fraction of sp³-hybridized carbons (Fsp3) is 0.400. The summed E-state index contributed by atoms with van der Waals surface area (Å²) in [5.74, 6) is 0.637. The molecule has 0 aliphatic carbocycles. The molecular weight excluding hydrogens is 290 g/mol. The van der Waals surface area contributed by atoms with Crippen molar-refractivity contribution in [2.75, 3.05) is 6.54 Å². The quantitative estimate of drug-likeness (QED) is 0.594. The van der Waals surface area contributed by atoms with Crippen LogP contribution in [0.3, 0.4) is 0 Å². The van der Waals surface area contributed by atoms with Crippen molar-refractivity contribution in [3.8, 4) is 0 Å². The van der Waals surface area contributed by atoms with Crippen LogP contribution in [-0.2, 0) is 13.1 Å². The normalized spacial score (nSPS) is 12.8. The van der Waals surface area contributed by atoms with Crippen LogP contribution >= 0.6 is 11.6 Å². The van der Waals surface area contributed by atoms with Crippen LogP contribution < -0.4 is 0 Å². The summed E-state index contributed by atoms with van der Waals surface area (Å²) >= 11 is 6.56. The van der Waals surface area contributed by atoms with Crippen molar-refractivity contribution < 1.29 is 0 Å². The number of hydrogen-bond donors (Lipinski definition) is 0. The van der Waals surface area contributed by atoms with Gasteiger partial charge in [-0.25, -0.2) is 0 Å². The lowest BCUT2D eigenvalue weighted by atomic mass is 10.1. The number of alkyl halides is 1. The van der Waals surface area contributed by atoms with Crippen LogP contribution in [0, 0.1) is 5.92 Å². The summed E-state index contributed by atoms with van der Waals surface area (Å²) in [6, 6.07) is 21.3. The fourth-order valence-electron chi connectivity index (χ4n) is 2.73. The SMILES string of the molecule is CC(C)CC(Cl)CN(Cc1ccccc1)Cc1ccccc1. The van der Waals surface area contributed by atoms with Gasteiger partial charge in [-0.1, -0.05) is 74.5 Å². The number of nitrogens with zero attached hydrogens (tertiary/aromatic N) is 1. The van der Waals surface area contributed by atoms with Crippen LogP contribution in [0.5, 0.6) is 0 Å². The molecule has 1 unspecified atom stereocenters. The van der Waals surface area contributed by atoms with Crippen LogP contribution in [0.15, 0.2) is 60.7 Å². The van der Waals surface area contributed by atoms with Crippen LogP contribution in [0.2, 0.25) is 0 Å². The minimum absolute atomic E-state index is 0.201. The molecule has 0 saturated carbocycles. The van der Waals surface area contributed by atoms with Gasteiger partial charge < -0.3 is 0 Å². The first-order valence-electron chi connectivity index (χ1n) is 8.07. The summed E-state index contributed by atoms with van der Waals surface area (Å²) in [5.41, 5.74) is 2.68. The van der Waals surface area contributed by atoms with Gasteiger partial charge in [0.1, 0.15) is 0 Å². The standard InChI is InChI=1S/C20H26ClN/c1-17(2)13-20(21)16-22(14-18-9-5-3-6-10-18)15-19-11-7-4-8-12-19/h3-12,17,20H,13-16H2,1-2H3. The van der Waals surface area contributed by atoms with E-state index >= 15 is 0 Å². The second kappa shape index (κ2) is 8.97. The first-order valence-corrected chi connectivity index (χ1v) is 8.51. The zero-order chi connectivity index (χ0) is 15.8. The Kier molecular flexibility index (Phi) is 6.95. The summed E-state index contributed by atoms with van der Waals surface area (Å²) in [6.07, 6.45) is 1.06. The van der Waals surface area contributed by atoms with Crippen LogP contribution in [-0.4, -0.2) is 16.8 Å². The average molecular weight is 316 g/mol. The third kappa shape index (κ3) is 6.21. The van der Waals surface area contributed by atoms with E-state index in [4.69, 9.17) is 11.6 Å². The average Bonchev–Trinajstić information content (AvgIpc) is 2.48. The smallest absolute Gasteiger partial charge is 0.0465 e. The Bertz CT molecular complexity index is 482. The molecule has 0 saturated heterocycles. The maximum atomic E-state index is 6.56. The summed E-state index contributed by atoms with van der Waals surface area (Å²) in [4.78, 5) is 2.45. The maximum absolute atomic E-state index is 6.56. The van der Waals surface area contributed by atoms with Gasteiger partial charge in [-0.15, -0.1) is 11.6 Å². The largest absolute Gasteiger partial charge is 0.293 e. The summed E-state index contributed by atoms with van der Waals surface area (Å²) < 4.78 is 0. The summed E-state index contributed by atoms with van der Waals surface area (Å²) in [5, 5.41) is 0.201. The molecule has 1 atom stereocenters. The van der Waals surface area contributed by atoms with E-state index in [2.05, 4.69) is 79.4 Å². The highest BCUT2D eigenvalue weighted by atomic mass is 35.5. The van der Waals surface area contributed by atoms with Crippen molar-refractivity contribution in [1.82, 2.24) is 4.90 Å². The third-order valence-electron chi connectivity index (χ3n) is 3.68. The van der Waals surface area contributed by atoms with Gasteiger partial charge in [-0.05, 0) is 23.5 Å². The van der Waals surface area contributed by atoms with E-state index in [0.717, 1.165) is 26.1 Å². The predicted octanol–water partition coefficient (Wildman–Crippen LogP) is 5.34. The molecule has 0 aromatic heterocycles. The lowest BCUT2D eigenvalue weighted by Crippen LogP contribution is -2.30. The lowest BCUT2D eigenvalue weighted by Gasteiger charge is -2.26. The number of rotatable bonds is 8. The molecule has 0 heterocycles. The first kappa shape index (κ1) is 17.1.